The van der Waals surface area contributed by atoms with E-state index in [4.69, 9.17) is 4.74 Å². The van der Waals surface area contributed by atoms with E-state index in [1.54, 1.807) is 13.8 Å². The average Bonchev–Trinajstić information content (AvgIpc) is 2.22. The number of esters is 1. The van der Waals surface area contributed by atoms with Crippen LogP contribution in [0.4, 0.5) is 0 Å². The molecule has 0 fully saturated rings. The van der Waals surface area contributed by atoms with Gasteiger partial charge in [0.2, 0.25) is 5.75 Å². The van der Waals surface area contributed by atoms with Gasteiger partial charge in [-0.05, 0) is 13.8 Å². The van der Waals surface area contributed by atoms with Crippen LogP contribution < -0.4 is 16.0 Å². The van der Waals surface area contributed by atoms with Gasteiger partial charge in [0.1, 0.15) is 0 Å². The number of aromatic nitrogens is 2. The predicted molar refractivity (Wildman–Crippen MR) is 54.8 cm³/mol. The van der Waals surface area contributed by atoms with E-state index in [0.29, 0.717) is 0 Å². The van der Waals surface area contributed by atoms with Gasteiger partial charge in [0.25, 0.3) is 5.56 Å². The second-order valence-corrected chi connectivity index (χ2v) is 2.77. The SMILES string of the molecule is CCOC(=O)c1[nH]c(=O)[nH]c(=O)c1OCC. The number of carbonyl (C=O) groups excluding carboxylic acids is 1. The molecule has 0 bridgehead atoms. The molecule has 88 valence electrons. The maximum Gasteiger partial charge on any atom is 0.359 e. The summed E-state index contributed by atoms with van der Waals surface area (Å²) in [6, 6.07) is 0. The molecule has 16 heavy (non-hydrogen) atoms. The van der Waals surface area contributed by atoms with Crippen molar-refractivity contribution in [3.63, 3.8) is 0 Å². The Balaban J connectivity index is 3.29. The van der Waals surface area contributed by atoms with Crippen molar-refractivity contribution in [2.45, 2.75) is 13.8 Å². The highest BCUT2D eigenvalue weighted by Crippen LogP contribution is 2.08. The van der Waals surface area contributed by atoms with E-state index in [0.717, 1.165) is 0 Å². The quantitative estimate of drug-likeness (QED) is 0.685. The fraction of sp³-hybridized carbons (Fsp3) is 0.444. The summed E-state index contributed by atoms with van der Waals surface area (Å²) < 4.78 is 9.66. The van der Waals surface area contributed by atoms with Crippen LogP contribution in [0.1, 0.15) is 24.3 Å². The van der Waals surface area contributed by atoms with Crippen LogP contribution >= 0.6 is 0 Å². The monoisotopic (exact) mass is 228 g/mol. The normalized spacial score (nSPS) is 9.88. The summed E-state index contributed by atoms with van der Waals surface area (Å²) in [6.07, 6.45) is 0. The molecule has 0 saturated carbocycles. The van der Waals surface area contributed by atoms with Gasteiger partial charge in [0, 0.05) is 0 Å². The minimum absolute atomic E-state index is 0.138. The molecule has 1 aromatic heterocycles. The lowest BCUT2D eigenvalue weighted by Crippen LogP contribution is -2.28. The Hall–Kier alpha value is -2.05. The largest absolute Gasteiger partial charge is 0.486 e. The molecule has 0 unspecified atom stereocenters. The van der Waals surface area contributed by atoms with Gasteiger partial charge in [-0.3, -0.25) is 14.8 Å². The Morgan fingerprint density at radius 3 is 2.44 bits per heavy atom. The molecule has 0 atom stereocenters. The zero-order valence-corrected chi connectivity index (χ0v) is 8.96. The van der Waals surface area contributed by atoms with Crippen molar-refractivity contribution in [2.75, 3.05) is 13.2 Å². The van der Waals surface area contributed by atoms with Gasteiger partial charge >= 0.3 is 11.7 Å². The first-order chi connectivity index (χ1) is 7.60. The van der Waals surface area contributed by atoms with E-state index in [-0.39, 0.29) is 24.7 Å². The van der Waals surface area contributed by atoms with E-state index in [1.807, 2.05) is 4.98 Å². The van der Waals surface area contributed by atoms with Crippen LogP contribution in [0.2, 0.25) is 0 Å². The summed E-state index contributed by atoms with van der Waals surface area (Å²) in [7, 11) is 0. The molecular weight excluding hydrogens is 216 g/mol. The van der Waals surface area contributed by atoms with Crippen LogP contribution in [0.25, 0.3) is 0 Å². The molecule has 1 heterocycles. The minimum Gasteiger partial charge on any atom is -0.486 e. The van der Waals surface area contributed by atoms with E-state index in [9.17, 15) is 14.4 Å². The van der Waals surface area contributed by atoms with Gasteiger partial charge in [0.05, 0.1) is 13.2 Å². The van der Waals surface area contributed by atoms with Gasteiger partial charge in [-0.25, -0.2) is 9.59 Å². The number of rotatable bonds is 4. The summed E-state index contributed by atoms with van der Waals surface area (Å²) in [6.45, 7) is 3.60. The van der Waals surface area contributed by atoms with Gasteiger partial charge < -0.3 is 9.47 Å². The van der Waals surface area contributed by atoms with Crippen molar-refractivity contribution in [3.8, 4) is 5.75 Å². The molecule has 0 aliphatic carbocycles. The fourth-order valence-electron chi connectivity index (χ4n) is 1.10. The van der Waals surface area contributed by atoms with Crippen molar-refractivity contribution in [2.24, 2.45) is 0 Å². The van der Waals surface area contributed by atoms with Crippen LogP contribution in [-0.4, -0.2) is 29.2 Å². The van der Waals surface area contributed by atoms with Gasteiger partial charge in [0.15, 0.2) is 5.69 Å². The zero-order chi connectivity index (χ0) is 12.1. The Morgan fingerprint density at radius 2 is 1.88 bits per heavy atom. The van der Waals surface area contributed by atoms with Crippen molar-refractivity contribution >= 4 is 5.97 Å². The Bertz CT molecular complexity index is 487. The van der Waals surface area contributed by atoms with Crippen LogP contribution in [0.5, 0.6) is 5.75 Å². The molecular formula is C9H12N2O5. The smallest absolute Gasteiger partial charge is 0.359 e. The Labute approximate surface area is 90.4 Å². The van der Waals surface area contributed by atoms with Crippen molar-refractivity contribution in [1.82, 2.24) is 9.97 Å². The van der Waals surface area contributed by atoms with E-state index in [2.05, 4.69) is 9.72 Å². The maximum absolute atomic E-state index is 11.4. The summed E-state index contributed by atoms with van der Waals surface area (Å²) >= 11 is 0. The third kappa shape index (κ3) is 2.50. The zero-order valence-electron chi connectivity index (χ0n) is 8.96. The lowest BCUT2D eigenvalue weighted by molar-refractivity contribution is 0.0513. The highest BCUT2D eigenvalue weighted by molar-refractivity contribution is 5.89. The highest BCUT2D eigenvalue weighted by Gasteiger charge is 2.18. The number of hydrogen-bond donors (Lipinski definition) is 2. The lowest BCUT2D eigenvalue weighted by Gasteiger charge is -2.07. The maximum atomic E-state index is 11.4. The van der Waals surface area contributed by atoms with Crippen LogP contribution in [-0.2, 0) is 4.74 Å². The molecule has 0 amide bonds. The molecule has 7 nitrogen and oxygen atoms in total. The molecule has 0 aromatic carbocycles. The molecule has 0 aliphatic rings. The van der Waals surface area contributed by atoms with Gasteiger partial charge in [-0.15, -0.1) is 0 Å². The highest BCUT2D eigenvalue weighted by atomic mass is 16.5. The third-order valence-corrected chi connectivity index (χ3v) is 1.67. The van der Waals surface area contributed by atoms with E-state index < -0.39 is 17.2 Å². The second-order valence-electron chi connectivity index (χ2n) is 2.77. The van der Waals surface area contributed by atoms with Crippen molar-refractivity contribution in [3.05, 3.63) is 26.5 Å². The predicted octanol–water partition coefficient (Wildman–Crippen LogP) is -0.361. The Morgan fingerprint density at radius 1 is 1.19 bits per heavy atom. The van der Waals surface area contributed by atoms with Crippen molar-refractivity contribution < 1.29 is 14.3 Å². The Kier molecular flexibility index (Phi) is 3.87. The van der Waals surface area contributed by atoms with Crippen LogP contribution in [0, 0.1) is 0 Å². The molecule has 1 rings (SSSR count). The summed E-state index contributed by atoms with van der Waals surface area (Å²) in [4.78, 5) is 37.9. The summed E-state index contributed by atoms with van der Waals surface area (Å²) in [5.41, 5.74) is -1.80. The van der Waals surface area contributed by atoms with Crippen LogP contribution in [0.3, 0.4) is 0 Å². The number of H-pyrrole nitrogens is 2. The van der Waals surface area contributed by atoms with Crippen molar-refractivity contribution in [1.29, 1.82) is 0 Å². The van der Waals surface area contributed by atoms with Gasteiger partial charge in [-0.1, -0.05) is 0 Å². The van der Waals surface area contributed by atoms with Gasteiger partial charge in [-0.2, -0.15) is 0 Å². The first kappa shape index (κ1) is 12.0. The number of carbonyl (C=O) groups is 1. The summed E-state index contributed by atoms with van der Waals surface area (Å²) in [5, 5.41) is 0. The first-order valence-corrected chi connectivity index (χ1v) is 4.76. The minimum atomic E-state index is -0.797. The molecule has 7 heteroatoms. The molecule has 0 spiro atoms. The first-order valence-electron chi connectivity index (χ1n) is 4.76. The van der Waals surface area contributed by atoms with E-state index in [1.165, 1.54) is 0 Å². The third-order valence-electron chi connectivity index (χ3n) is 1.67. The molecule has 1 aromatic rings. The molecule has 0 radical (unpaired) electrons. The van der Waals surface area contributed by atoms with E-state index >= 15 is 0 Å². The molecule has 2 N–H and O–H groups in total. The summed E-state index contributed by atoms with van der Waals surface area (Å²) in [5.74, 6) is -1.03. The molecule has 0 aliphatic heterocycles. The van der Waals surface area contributed by atoms with Crippen LogP contribution in [0.15, 0.2) is 9.59 Å². The number of hydrogen-bond acceptors (Lipinski definition) is 5. The number of aromatic amines is 2. The number of ether oxygens (including phenoxy) is 2. The standard InChI is InChI=1S/C9H12N2O5/c1-3-15-6-5(8(13)16-4-2)10-9(14)11-7(6)12/h3-4H2,1-2H3,(H2,10,11,12,14). The average molecular weight is 228 g/mol. The lowest BCUT2D eigenvalue weighted by atomic mass is 10.3. The fourth-order valence-corrected chi connectivity index (χ4v) is 1.10. The molecule has 0 saturated heterocycles. The number of nitrogens with one attached hydrogen (secondary N) is 2. The topological polar surface area (TPSA) is 101 Å². The second kappa shape index (κ2) is 5.15.